The number of hydrogen-bond donors (Lipinski definition) is 4. The Balaban J connectivity index is 1.68. The van der Waals surface area contributed by atoms with E-state index in [1.165, 1.54) is 16.8 Å². The summed E-state index contributed by atoms with van der Waals surface area (Å²) in [5.74, 6) is -1.59. The Morgan fingerprint density at radius 3 is 2.62 bits per heavy atom. The molecule has 0 radical (unpaired) electrons. The van der Waals surface area contributed by atoms with Crippen molar-refractivity contribution in [3.05, 3.63) is 65.5 Å². The average Bonchev–Trinajstić information content (AvgIpc) is 3.46. The first-order valence-electron chi connectivity index (χ1n) is 10.3. The van der Waals surface area contributed by atoms with E-state index >= 15 is 0 Å². The van der Waals surface area contributed by atoms with Crippen LogP contribution in [0.1, 0.15) is 34.8 Å². The van der Waals surface area contributed by atoms with Crippen molar-refractivity contribution >= 4 is 17.1 Å². The summed E-state index contributed by atoms with van der Waals surface area (Å²) in [4.78, 5) is 14.8. The zero-order valence-corrected chi connectivity index (χ0v) is 17.2. The molecule has 170 valence electrons. The Morgan fingerprint density at radius 1 is 1.16 bits per heavy atom. The minimum Gasteiger partial charge on any atom is -0.394 e. The van der Waals surface area contributed by atoms with E-state index in [9.17, 15) is 28.9 Å². The summed E-state index contributed by atoms with van der Waals surface area (Å²) >= 11 is 0. The number of nitrogens with one attached hydrogen (secondary N) is 1. The van der Waals surface area contributed by atoms with Gasteiger partial charge in [0.2, 0.25) is 0 Å². The van der Waals surface area contributed by atoms with Crippen LogP contribution in [0.25, 0.3) is 5.52 Å². The standard InChI is InChI=1S/C22H24F2N4O4/c23-14-3-4-18(24)16(8-14)19-2-1-6-27(19)15-5-7-28-20(9-15)17(10-25-28)21(32)26-22(11-29,12-30)13-31/h3-5,7-10,19,29-31H,1-2,6,11-13H2,(H,26,32). The molecule has 10 heteroatoms. The van der Waals surface area contributed by atoms with Crippen molar-refractivity contribution < 1.29 is 28.9 Å². The summed E-state index contributed by atoms with van der Waals surface area (Å²) in [6.07, 6.45) is 4.46. The summed E-state index contributed by atoms with van der Waals surface area (Å²) in [7, 11) is 0. The smallest absolute Gasteiger partial charge is 0.255 e. The molecular weight excluding hydrogens is 422 g/mol. The molecule has 1 unspecified atom stereocenters. The van der Waals surface area contributed by atoms with Crippen LogP contribution in [0.4, 0.5) is 14.5 Å². The number of carbonyl (C=O) groups is 1. The number of hydrogen-bond acceptors (Lipinski definition) is 6. The minimum absolute atomic E-state index is 0.180. The van der Waals surface area contributed by atoms with Crippen LogP contribution in [-0.4, -0.2) is 62.7 Å². The van der Waals surface area contributed by atoms with Gasteiger partial charge in [-0.3, -0.25) is 4.79 Å². The number of pyridine rings is 1. The number of rotatable bonds is 7. The molecule has 1 aromatic carbocycles. The molecule has 4 rings (SSSR count). The summed E-state index contributed by atoms with van der Waals surface area (Å²) in [5.41, 5.74) is 0.0634. The molecular formula is C22H24F2N4O4. The Hall–Kier alpha value is -3.08. The van der Waals surface area contributed by atoms with Crippen LogP contribution < -0.4 is 10.2 Å². The van der Waals surface area contributed by atoms with Gasteiger partial charge < -0.3 is 25.5 Å². The van der Waals surface area contributed by atoms with E-state index in [0.29, 0.717) is 18.5 Å². The van der Waals surface area contributed by atoms with Crippen molar-refractivity contribution in [1.82, 2.24) is 14.9 Å². The molecule has 32 heavy (non-hydrogen) atoms. The van der Waals surface area contributed by atoms with Crippen LogP contribution in [-0.2, 0) is 0 Å². The highest BCUT2D eigenvalue weighted by molar-refractivity contribution is 6.01. The van der Waals surface area contributed by atoms with Gasteiger partial charge in [-0.2, -0.15) is 5.10 Å². The van der Waals surface area contributed by atoms with Crippen molar-refractivity contribution in [1.29, 1.82) is 0 Å². The van der Waals surface area contributed by atoms with Crippen molar-refractivity contribution in [3.8, 4) is 0 Å². The zero-order chi connectivity index (χ0) is 22.9. The van der Waals surface area contributed by atoms with Gasteiger partial charge in [0.1, 0.15) is 17.2 Å². The van der Waals surface area contributed by atoms with Crippen LogP contribution in [0.3, 0.4) is 0 Å². The van der Waals surface area contributed by atoms with Crippen molar-refractivity contribution in [2.24, 2.45) is 0 Å². The maximum Gasteiger partial charge on any atom is 0.255 e. The number of fused-ring (bicyclic) bond motifs is 1. The summed E-state index contributed by atoms with van der Waals surface area (Å²) in [6, 6.07) is 6.60. The molecule has 0 bridgehead atoms. The molecule has 1 aliphatic rings. The molecule has 4 N–H and O–H groups in total. The molecule has 0 saturated carbocycles. The van der Waals surface area contributed by atoms with Gasteiger partial charge in [-0.15, -0.1) is 0 Å². The Bertz CT molecular complexity index is 1120. The second-order valence-electron chi connectivity index (χ2n) is 8.00. The third-order valence-corrected chi connectivity index (χ3v) is 5.94. The first-order chi connectivity index (χ1) is 15.4. The van der Waals surface area contributed by atoms with Gasteiger partial charge in [0.05, 0.1) is 43.1 Å². The summed E-state index contributed by atoms with van der Waals surface area (Å²) < 4.78 is 29.7. The normalized spacial score (nSPS) is 16.7. The predicted molar refractivity (Wildman–Crippen MR) is 112 cm³/mol. The molecule has 0 spiro atoms. The molecule has 1 atom stereocenters. The third kappa shape index (κ3) is 3.92. The molecule has 2 aromatic heterocycles. The number of benzene rings is 1. The fraction of sp³-hybridized carbons (Fsp3) is 0.364. The Morgan fingerprint density at radius 2 is 1.91 bits per heavy atom. The molecule has 1 aliphatic heterocycles. The SMILES string of the molecule is O=C(NC(CO)(CO)CO)c1cnn2ccc(N3CCCC3c3cc(F)ccc3F)cc12. The fourth-order valence-electron chi connectivity index (χ4n) is 4.07. The van der Waals surface area contributed by atoms with Crippen LogP contribution in [0.2, 0.25) is 0 Å². The highest BCUT2D eigenvalue weighted by Crippen LogP contribution is 2.38. The molecule has 3 aromatic rings. The lowest BCUT2D eigenvalue weighted by atomic mass is 10.0. The van der Waals surface area contributed by atoms with Crippen LogP contribution in [0.15, 0.2) is 42.7 Å². The highest BCUT2D eigenvalue weighted by atomic mass is 19.1. The second kappa shape index (κ2) is 8.81. The number of anilines is 1. The number of aromatic nitrogens is 2. The first-order valence-corrected chi connectivity index (χ1v) is 10.3. The topological polar surface area (TPSA) is 110 Å². The van der Waals surface area contributed by atoms with E-state index in [1.807, 2.05) is 4.90 Å². The number of carbonyl (C=O) groups excluding carboxylic acids is 1. The van der Waals surface area contributed by atoms with E-state index < -0.39 is 42.9 Å². The van der Waals surface area contributed by atoms with Gasteiger partial charge in [0, 0.05) is 24.0 Å². The minimum atomic E-state index is -1.57. The molecule has 1 saturated heterocycles. The van der Waals surface area contributed by atoms with Gasteiger partial charge in [-0.1, -0.05) is 0 Å². The molecule has 0 aliphatic carbocycles. The number of amides is 1. The van der Waals surface area contributed by atoms with E-state index in [1.54, 1.807) is 18.3 Å². The van der Waals surface area contributed by atoms with Crippen LogP contribution in [0.5, 0.6) is 0 Å². The Kier molecular flexibility index (Phi) is 6.09. The molecule has 1 amide bonds. The first kappa shape index (κ1) is 22.1. The number of aliphatic hydroxyl groups is 3. The monoisotopic (exact) mass is 446 g/mol. The van der Waals surface area contributed by atoms with Gasteiger partial charge >= 0.3 is 0 Å². The van der Waals surface area contributed by atoms with Crippen LogP contribution in [0, 0.1) is 11.6 Å². The van der Waals surface area contributed by atoms with Crippen molar-refractivity contribution in [2.75, 3.05) is 31.3 Å². The van der Waals surface area contributed by atoms with Gasteiger partial charge in [-0.05, 0) is 43.2 Å². The largest absolute Gasteiger partial charge is 0.394 e. The van der Waals surface area contributed by atoms with Crippen LogP contribution >= 0.6 is 0 Å². The maximum atomic E-state index is 14.4. The third-order valence-electron chi connectivity index (χ3n) is 5.94. The second-order valence-corrected chi connectivity index (χ2v) is 8.00. The Labute approximate surface area is 182 Å². The van der Waals surface area contributed by atoms with E-state index in [-0.39, 0.29) is 17.2 Å². The zero-order valence-electron chi connectivity index (χ0n) is 17.2. The maximum absolute atomic E-state index is 14.4. The summed E-state index contributed by atoms with van der Waals surface area (Å²) in [5, 5.41) is 35.1. The molecule has 8 nitrogen and oxygen atoms in total. The summed E-state index contributed by atoms with van der Waals surface area (Å²) in [6.45, 7) is -1.31. The highest BCUT2D eigenvalue weighted by Gasteiger charge is 2.32. The predicted octanol–water partition coefficient (Wildman–Crippen LogP) is 1.40. The van der Waals surface area contributed by atoms with E-state index in [0.717, 1.165) is 24.2 Å². The van der Waals surface area contributed by atoms with E-state index in [4.69, 9.17) is 0 Å². The molecule has 3 heterocycles. The van der Waals surface area contributed by atoms with Gasteiger partial charge in [-0.25, -0.2) is 13.3 Å². The van der Waals surface area contributed by atoms with Gasteiger partial charge in [0.15, 0.2) is 0 Å². The number of nitrogens with zero attached hydrogens (tertiary/aromatic N) is 3. The van der Waals surface area contributed by atoms with Gasteiger partial charge in [0.25, 0.3) is 5.91 Å². The van der Waals surface area contributed by atoms with Crippen molar-refractivity contribution in [2.45, 2.75) is 24.4 Å². The van der Waals surface area contributed by atoms with E-state index in [2.05, 4.69) is 10.4 Å². The lowest BCUT2D eigenvalue weighted by molar-refractivity contribution is 0.0376. The molecule has 1 fully saturated rings. The van der Waals surface area contributed by atoms with Crippen molar-refractivity contribution in [3.63, 3.8) is 0 Å². The number of aliphatic hydroxyl groups excluding tert-OH is 3. The number of halogens is 2. The fourth-order valence-corrected chi connectivity index (χ4v) is 4.07. The average molecular weight is 446 g/mol. The quantitative estimate of drug-likeness (QED) is 0.437. The lowest BCUT2D eigenvalue weighted by Gasteiger charge is -2.28. The lowest BCUT2D eigenvalue weighted by Crippen LogP contribution is -2.57.